The fourth-order valence-corrected chi connectivity index (χ4v) is 2.21. The fourth-order valence-electron chi connectivity index (χ4n) is 2.21. The Morgan fingerprint density at radius 1 is 1.20 bits per heavy atom. The van der Waals surface area contributed by atoms with Gasteiger partial charge in [-0.15, -0.1) is 0 Å². The van der Waals surface area contributed by atoms with E-state index in [-0.39, 0.29) is 5.82 Å². The summed E-state index contributed by atoms with van der Waals surface area (Å²) in [6, 6.07) is 8.63. The molecule has 2 heterocycles. The van der Waals surface area contributed by atoms with Crippen molar-refractivity contribution >= 4 is 10.9 Å². The molecule has 3 rings (SSSR count). The molecule has 1 N–H and O–H groups in total. The predicted molar refractivity (Wildman–Crippen MR) is 75.6 cm³/mol. The first-order valence-corrected chi connectivity index (χ1v) is 6.54. The van der Waals surface area contributed by atoms with Crippen molar-refractivity contribution in [3.8, 4) is 0 Å². The lowest BCUT2D eigenvalue weighted by Crippen LogP contribution is -2.20. The molecule has 0 radical (unpaired) electrons. The van der Waals surface area contributed by atoms with Crippen molar-refractivity contribution in [1.82, 2.24) is 20.1 Å². The Morgan fingerprint density at radius 2 is 2.15 bits per heavy atom. The maximum absolute atomic E-state index is 13.6. The molecule has 0 unspecified atom stereocenters. The molecular weight excluding hydrogens is 255 g/mol. The van der Waals surface area contributed by atoms with Gasteiger partial charge in [-0.3, -0.25) is 9.67 Å². The normalized spacial score (nSPS) is 11.1. The molecule has 0 saturated carbocycles. The van der Waals surface area contributed by atoms with Gasteiger partial charge in [0, 0.05) is 37.1 Å². The molecule has 20 heavy (non-hydrogen) atoms. The first-order chi connectivity index (χ1) is 9.83. The number of hydrogen-bond acceptors (Lipinski definition) is 3. The van der Waals surface area contributed by atoms with Crippen LogP contribution in [0, 0.1) is 5.82 Å². The molecule has 0 aliphatic rings. The molecule has 0 spiro atoms. The smallest absolute Gasteiger partial charge is 0.124 e. The van der Waals surface area contributed by atoms with E-state index in [0.717, 1.165) is 29.6 Å². The second kappa shape index (κ2) is 5.79. The van der Waals surface area contributed by atoms with Gasteiger partial charge in [0.25, 0.3) is 0 Å². The number of pyridine rings is 1. The highest BCUT2D eigenvalue weighted by molar-refractivity contribution is 5.81. The minimum atomic E-state index is -0.227. The number of fused-ring (bicyclic) bond motifs is 1. The highest BCUT2D eigenvalue weighted by Gasteiger charge is 2.04. The molecule has 0 bridgehead atoms. The van der Waals surface area contributed by atoms with Crippen molar-refractivity contribution in [3.05, 3.63) is 60.3 Å². The lowest BCUT2D eigenvalue weighted by Gasteiger charge is -2.08. The summed E-state index contributed by atoms with van der Waals surface area (Å²) < 4.78 is 15.4. The van der Waals surface area contributed by atoms with Crippen molar-refractivity contribution in [2.75, 3.05) is 6.54 Å². The van der Waals surface area contributed by atoms with Gasteiger partial charge in [0.2, 0.25) is 0 Å². The Morgan fingerprint density at radius 3 is 3.00 bits per heavy atom. The van der Waals surface area contributed by atoms with E-state index in [1.807, 2.05) is 29.1 Å². The molecule has 0 saturated heterocycles. The standard InChI is InChI=1S/C15H15FN4/c16-14-9-12-3-1-4-18-15(12)13(10-14)11-17-6-8-20-7-2-5-19-20/h1-5,7,9-10,17H,6,8,11H2. The topological polar surface area (TPSA) is 42.7 Å². The van der Waals surface area contributed by atoms with Gasteiger partial charge < -0.3 is 5.32 Å². The summed E-state index contributed by atoms with van der Waals surface area (Å²) in [7, 11) is 0. The van der Waals surface area contributed by atoms with E-state index in [2.05, 4.69) is 15.4 Å². The molecule has 4 nitrogen and oxygen atoms in total. The molecule has 102 valence electrons. The van der Waals surface area contributed by atoms with Crippen LogP contribution in [0.1, 0.15) is 5.56 Å². The fraction of sp³-hybridized carbons (Fsp3) is 0.200. The Kier molecular flexibility index (Phi) is 3.69. The van der Waals surface area contributed by atoms with Crippen LogP contribution in [0.3, 0.4) is 0 Å². The first-order valence-electron chi connectivity index (χ1n) is 6.54. The zero-order chi connectivity index (χ0) is 13.8. The summed E-state index contributed by atoms with van der Waals surface area (Å²) in [6.45, 7) is 2.15. The van der Waals surface area contributed by atoms with Gasteiger partial charge >= 0.3 is 0 Å². The van der Waals surface area contributed by atoms with Crippen LogP contribution >= 0.6 is 0 Å². The zero-order valence-electron chi connectivity index (χ0n) is 11.0. The third kappa shape index (κ3) is 2.83. The van der Waals surface area contributed by atoms with E-state index in [0.29, 0.717) is 6.54 Å². The highest BCUT2D eigenvalue weighted by Crippen LogP contribution is 2.18. The molecule has 1 aromatic carbocycles. The van der Waals surface area contributed by atoms with Crippen molar-refractivity contribution in [3.63, 3.8) is 0 Å². The lowest BCUT2D eigenvalue weighted by atomic mass is 10.1. The van der Waals surface area contributed by atoms with Crippen molar-refractivity contribution in [2.45, 2.75) is 13.1 Å². The number of aromatic nitrogens is 3. The van der Waals surface area contributed by atoms with Crippen LogP contribution in [0.25, 0.3) is 10.9 Å². The molecule has 5 heteroatoms. The van der Waals surface area contributed by atoms with Crippen LogP contribution in [0.4, 0.5) is 4.39 Å². The Bertz CT molecular complexity index is 694. The van der Waals surface area contributed by atoms with E-state index in [1.54, 1.807) is 12.4 Å². The van der Waals surface area contributed by atoms with E-state index in [1.165, 1.54) is 12.1 Å². The summed E-state index contributed by atoms with van der Waals surface area (Å²) >= 11 is 0. The summed E-state index contributed by atoms with van der Waals surface area (Å²) in [5.74, 6) is -0.227. The third-order valence-corrected chi connectivity index (χ3v) is 3.14. The summed E-state index contributed by atoms with van der Waals surface area (Å²) in [4.78, 5) is 4.33. The van der Waals surface area contributed by atoms with Crippen LogP contribution in [0.5, 0.6) is 0 Å². The summed E-state index contributed by atoms with van der Waals surface area (Å²) in [5, 5.41) is 8.25. The molecule has 0 aliphatic heterocycles. The van der Waals surface area contributed by atoms with E-state index in [4.69, 9.17) is 0 Å². The number of hydrogen-bond donors (Lipinski definition) is 1. The average molecular weight is 270 g/mol. The number of benzene rings is 1. The predicted octanol–water partition coefficient (Wildman–Crippen LogP) is 2.36. The number of rotatable bonds is 5. The van der Waals surface area contributed by atoms with E-state index < -0.39 is 0 Å². The van der Waals surface area contributed by atoms with Crippen LogP contribution in [0.15, 0.2) is 48.9 Å². The van der Waals surface area contributed by atoms with Crippen molar-refractivity contribution in [2.24, 2.45) is 0 Å². The van der Waals surface area contributed by atoms with Crippen LogP contribution in [-0.2, 0) is 13.1 Å². The molecular formula is C15H15FN4. The largest absolute Gasteiger partial charge is 0.311 e. The van der Waals surface area contributed by atoms with Gasteiger partial charge in [0.05, 0.1) is 12.1 Å². The van der Waals surface area contributed by atoms with Gasteiger partial charge in [-0.1, -0.05) is 6.07 Å². The molecule has 0 atom stereocenters. The van der Waals surface area contributed by atoms with Crippen LogP contribution in [0.2, 0.25) is 0 Å². The number of halogens is 1. The Hall–Kier alpha value is -2.27. The molecule has 3 aromatic rings. The molecule has 0 aliphatic carbocycles. The molecule has 0 amide bonds. The van der Waals surface area contributed by atoms with Crippen LogP contribution in [-0.4, -0.2) is 21.3 Å². The maximum Gasteiger partial charge on any atom is 0.124 e. The SMILES string of the molecule is Fc1cc(CNCCn2cccn2)c2ncccc2c1. The average Bonchev–Trinajstić information content (AvgIpc) is 2.96. The Balaban J connectivity index is 1.68. The van der Waals surface area contributed by atoms with E-state index in [9.17, 15) is 4.39 Å². The van der Waals surface area contributed by atoms with Crippen molar-refractivity contribution in [1.29, 1.82) is 0 Å². The Labute approximate surface area is 116 Å². The quantitative estimate of drug-likeness (QED) is 0.724. The maximum atomic E-state index is 13.6. The van der Waals surface area contributed by atoms with Gasteiger partial charge in [-0.25, -0.2) is 4.39 Å². The number of nitrogens with zero attached hydrogens (tertiary/aromatic N) is 3. The van der Waals surface area contributed by atoms with Crippen LogP contribution < -0.4 is 5.32 Å². The van der Waals surface area contributed by atoms with Gasteiger partial charge in [-0.2, -0.15) is 5.10 Å². The first kappa shape index (κ1) is 12.7. The van der Waals surface area contributed by atoms with E-state index >= 15 is 0 Å². The summed E-state index contributed by atoms with van der Waals surface area (Å²) in [5.41, 5.74) is 1.72. The minimum absolute atomic E-state index is 0.227. The molecule has 2 aromatic heterocycles. The van der Waals surface area contributed by atoms with Crippen molar-refractivity contribution < 1.29 is 4.39 Å². The minimum Gasteiger partial charge on any atom is -0.311 e. The second-order valence-corrected chi connectivity index (χ2v) is 4.59. The summed E-state index contributed by atoms with van der Waals surface area (Å²) in [6.07, 6.45) is 5.40. The van der Waals surface area contributed by atoms with Gasteiger partial charge in [0.1, 0.15) is 5.82 Å². The zero-order valence-corrected chi connectivity index (χ0v) is 11.0. The second-order valence-electron chi connectivity index (χ2n) is 4.59. The van der Waals surface area contributed by atoms with Gasteiger partial charge in [-0.05, 0) is 29.8 Å². The third-order valence-electron chi connectivity index (χ3n) is 3.14. The lowest BCUT2D eigenvalue weighted by molar-refractivity contribution is 0.554. The van der Waals surface area contributed by atoms with Gasteiger partial charge in [0.15, 0.2) is 0 Å². The highest BCUT2D eigenvalue weighted by atomic mass is 19.1. The monoisotopic (exact) mass is 270 g/mol. The molecule has 0 fully saturated rings. The number of nitrogens with one attached hydrogen (secondary N) is 1.